The van der Waals surface area contributed by atoms with Crippen LogP contribution in [0, 0.1) is 18.3 Å². The Hall–Kier alpha value is -1.86. The molecule has 96 valence electrons. The molecule has 0 aliphatic rings. The van der Waals surface area contributed by atoms with Gasteiger partial charge in [0.2, 0.25) is 5.91 Å². The number of hydrogen-bond donors (Lipinski definition) is 2. The molecule has 1 atom stereocenters. The van der Waals surface area contributed by atoms with Crippen LogP contribution in [-0.4, -0.2) is 11.9 Å². The summed E-state index contributed by atoms with van der Waals surface area (Å²) in [5, 5.41) is 11.6. The zero-order chi connectivity index (χ0) is 13.5. The number of nitrogens with zero attached hydrogens (tertiary/aromatic N) is 1. The molecule has 0 saturated carbocycles. The van der Waals surface area contributed by atoms with E-state index in [0.29, 0.717) is 17.7 Å². The Morgan fingerprint density at radius 1 is 1.56 bits per heavy atom. The van der Waals surface area contributed by atoms with E-state index in [9.17, 15) is 4.79 Å². The second-order valence-corrected chi connectivity index (χ2v) is 4.44. The minimum absolute atomic E-state index is 0.102. The van der Waals surface area contributed by atoms with Crippen molar-refractivity contribution >= 4 is 11.6 Å². The van der Waals surface area contributed by atoms with Crippen molar-refractivity contribution in [2.45, 2.75) is 39.2 Å². The Balaban J connectivity index is 2.67. The molecule has 1 amide bonds. The Morgan fingerprint density at radius 3 is 2.89 bits per heavy atom. The number of benzene rings is 1. The van der Waals surface area contributed by atoms with E-state index in [-0.39, 0.29) is 11.9 Å². The average molecular weight is 245 g/mol. The lowest BCUT2D eigenvalue weighted by Gasteiger charge is -2.12. The number of anilines is 1. The van der Waals surface area contributed by atoms with E-state index in [4.69, 9.17) is 11.0 Å². The number of hydrogen-bond acceptors (Lipinski definition) is 3. The molecule has 0 saturated heterocycles. The van der Waals surface area contributed by atoms with Gasteiger partial charge in [-0.05, 0) is 31.0 Å². The van der Waals surface area contributed by atoms with Crippen molar-refractivity contribution < 1.29 is 4.79 Å². The minimum atomic E-state index is -0.103. The summed E-state index contributed by atoms with van der Waals surface area (Å²) in [6.07, 6.45) is 2.12. The third kappa shape index (κ3) is 4.19. The van der Waals surface area contributed by atoms with Crippen LogP contribution in [0.15, 0.2) is 18.2 Å². The number of aryl methyl sites for hydroxylation is 1. The van der Waals surface area contributed by atoms with Gasteiger partial charge in [-0.1, -0.05) is 19.4 Å². The van der Waals surface area contributed by atoms with Crippen molar-refractivity contribution in [2.24, 2.45) is 5.73 Å². The van der Waals surface area contributed by atoms with E-state index in [1.54, 1.807) is 12.1 Å². The first-order valence-corrected chi connectivity index (χ1v) is 6.13. The summed E-state index contributed by atoms with van der Waals surface area (Å²) in [7, 11) is 0. The molecule has 0 aliphatic heterocycles. The first kappa shape index (κ1) is 14.2. The molecule has 1 aromatic carbocycles. The number of nitriles is 1. The van der Waals surface area contributed by atoms with E-state index in [1.165, 1.54) is 0 Å². The van der Waals surface area contributed by atoms with Crippen molar-refractivity contribution in [1.82, 2.24) is 0 Å². The van der Waals surface area contributed by atoms with Gasteiger partial charge in [0.15, 0.2) is 0 Å². The first-order valence-electron chi connectivity index (χ1n) is 6.13. The van der Waals surface area contributed by atoms with E-state index >= 15 is 0 Å². The highest BCUT2D eigenvalue weighted by molar-refractivity contribution is 5.92. The predicted molar refractivity (Wildman–Crippen MR) is 72.0 cm³/mol. The molecular formula is C14H19N3O. The fourth-order valence-electron chi connectivity index (χ4n) is 1.74. The van der Waals surface area contributed by atoms with Crippen LogP contribution in [0.4, 0.5) is 5.69 Å². The summed E-state index contributed by atoms with van der Waals surface area (Å²) < 4.78 is 0. The third-order valence-corrected chi connectivity index (χ3v) is 2.75. The lowest BCUT2D eigenvalue weighted by molar-refractivity contribution is -0.116. The molecule has 0 aromatic heterocycles. The monoisotopic (exact) mass is 245 g/mol. The van der Waals surface area contributed by atoms with Crippen LogP contribution < -0.4 is 11.1 Å². The highest BCUT2D eigenvalue weighted by Crippen LogP contribution is 2.17. The molecule has 0 aliphatic carbocycles. The van der Waals surface area contributed by atoms with Gasteiger partial charge in [0.1, 0.15) is 0 Å². The van der Waals surface area contributed by atoms with Crippen LogP contribution in [0.5, 0.6) is 0 Å². The summed E-state index contributed by atoms with van der Waals surface area (Å²) >= 11 is 0. The summed E-state index contributed by atoms with van der Waals surface area (Å²) in [4.78, 5) is 11.8. The van der Waals surface area contributed by atoms with Gasteiger partial charge in [0.25, 0.3) is 0 Å². The zero-order valence-electron chi connectivity index (χ0n) is 10.9. The van der Waals surface area contributed by atoms with Crippen LogP contribution in [0.2, 0.25) is 0 Å². The highest BCUT2D eigenvalue weighted by Gasteiger charge is 2.10. The van der Waals surface area contributed by atoms with Crippen LogP contribution in [0.25, 0.3) is 0 Å². The Kier molecular flexibility index (Phi) is 5.34. The molecule has 0 fully saturated rings. The normalized spacial score (nSPS) is 11.7. The summed E-state index contributed by atoms with van der Waals surface area (Å²) in [6, 6.07) is 7.18. The van der Waals surface area contributed by atoms with Crippen LogP contribution in [0.3, 0.4) is 0 Å². The molecule has 18 heavy (non-hydrogen) atoms. The van der Waals surface area contributed by atoms with Gasteiger partial charge < -0.3 is 11.1 Å². The zero-order valence-corrected chi connectivity index (χ0v) is 10.9. The maximum Gasteiger partial charge on any atom is 0.225 e. The molecule has 1 unspecified atom stereocenters. The van der Waals surface area contributed by atoms with Crippen molar-refractivity contribution in [3.63, 3.8) is 0 Å². The maximum atomic E-state index is 11.8. The van der Waals surface area contributed by atoms with Gasteiger partial charge in [-0.3, -0.25) is 4.79 Å². The molecule has 4 nitrogen and oxygen atoms in total. The van der Waals surface area contributed by atoms with Gasteiger partial charge in [-0.15, -0.1) is 0 Å². The second-order valence-electron chi connectivity index (χ2n) is 4.44. The fraction of sp³-hybridized carbons (Fsp3) is 0.429. The van der Waals surface area contributed by atoms with Crippen LogP contribution in [-0.2, 0) is 4.79 Å². The van der Waals surface area contributed by atoms with Crippen molar-refractivity contribution in [3.8, 4) is 6.07 Å². The number of carbonyl (C=O) groups is 1. The van der Waals surface area contributed by atoms with Gasteiger partial charge in [0.05, 0.1) is 11.6 Å². The average Bonchev–Trinajstić information content (AvgIpc) is 2.32. The SMILES string of the molecule is CCCC(N)CC(=O)Nc1cc(C#N)ccc1C. The van der Waals surface area contributed by atoms with Crippen molar-refractivity contribution in [1.29, 1.82) is 5.26 Å². The molecule has 1 aromatic rings. The largest absolute Gasteiger partial charge is 0.327 e. The van der Waals surface area contributed by atoms with E-state index < -0.39 is 0 Å². The number of amides is 1. The lowest BCUT2D eigenvalue weighted by atomic mass is 10.1. The Bertz CT molecular complexity index is 463. The summed E-state index contributed by atoms with van der Waals surface area (Å²) in [6.45, 7) is 3.93. The van der Waals surface area contributed by atoms with Gasteiger partial charge >= 0.3 is 0 Å². The molecule has 4 heteroatoms. The second kappa shape index (κ2) is 6.77. The minimum Gasteiger partial charge on any atom is -0.327 e. The van der Waals surface area contributed by atoms with Crippen molar-refractivity contribution in [3.05, 3.63) is 29.3 Å². The summed E-state index contributed by atoms with van der Waals surface area (Å²) in [5.74, 6) is -0.103. The molecular weight excluding hydrogens is 226 g/mol. The third-order valence-electron chi connectivity index (χ3n) is 2.75. The number of nitrogens with two attached hydrogens (primary N) is 1. The quantitative estimate of drug-likeness (QED) is 0.835. The molecule has 1 rings (SSSR count). The first-order chi connectivity index (χ1) is 8.56. The van der Waals surface area contributed by atoms with Crippen LogP contribution >= 0.6 is 0 Å². The van der Waals surface area contributed by atoms with E-state index in [1.807, 2.05) is 19.9 Å². The van der Waals surface area contributed by atoms with Crippen molar-refractivity contribution in [2.75, 3.05) is 5.32 Å². The fourth-order valence-corrected chi connectivity index (χ4v) is 1.74. The Morgan fingerprint density at radius 2 is 2.28 bits per heavy atom. The van der Waals surface area contributed by atoms with Crippen LogP contribution in [0.1, 0.15) is 37.3 Å². The number of carbonyl (C=O) groups excluding carboxylic acids is 1. The standard InChI is InChI=1S/C14H19N3O/c1-3-4-12(16)8-14(18)17-13-7-11(9-15)6-5-10(13)2/h5-7,12H,3-4,8,16H2,1-2H3,(H,17,18). The molecule has 0 radical (unpaired) electrons. The number of rotatable bonds is 5. The Labute approximate surface area is 108 Å². The number of nitrogens with one attached hydrogen (secondary N) is 1. The maximum absolute atomic E-state index is 11.8. The highest BCUT2D eigenvalue weighted by atomic mass is 16.1. The van der Waals surface area contributed by atoms with Gasteiger partial charge in [-0.25, -0.2) is 0 Å². The molecule has 0 spiro atoms. The smallest absolute Gasteiger partial charge is 0.225 e. The summed E-state index contributed by atoms with van der Waals surface area (Å²) in [5.41, 5.74) is 7.98. The van der Waals surface area contributed by atoms with Gasteiger partial charge in [0, 0.05) is 18.2 Å². The topological polar surface area (TPSA) is 78.9 Å². The predicted octanol–water partition coefficient (Wildman–Crippen LogP) is 2.32. The molecule has 3 N–H and O–H groups in total. The van der Waals surface area contributed by atoms with E-state index in [0.717, 1.165) is 18.4 Å². The van der Waals surface area contributed by atoms with E-state index in [2.05, 4.69) is 11.4 Å². The lowest BCUT2D eigenvalue weighted by Crippen LogP contribution is -2.27. The van der Waals surface area contributed by atoms with Gasteiger partial charge in [-0.2, -0.15) is 5.26 Å². The molecule has 0 bridgehead atoms. The molecule has 0 heterocycles.